The first kappa shape index (κ1) is 12.7. The third-order valence-corrected chi connectivity index (χ3v) is 2.52. The Balaban J connectivity index is 2.90. The average Bonchev–Trinajstić information content (AvgIpc) is 2.21. The molecule has 0 saturated carbocycles. The van der Waals surface area contributed by atoms with Gasteiger partial charge >= 0.3 is 0 Å². The molecule has 0 heterocycles. The van der Waals surface area contributed by atoms with Crippen LogP contribution in [0.5, 0.6) is 0 Å². The Morgan fingerprint density at radius 3 is 2.50 bits per heavy atom. The van der Waals surface area contributed by atoms with Crippen molar-refractivity contribution in [1.29, 1.82) is 0 Å². The maximum Gasteiger partial charge on any atom is 0.184 e. The molecule has 0 bridgehead atoms. The minimum absolute atomic E-state index is 0.153. The maximum atomic E-state index is 13.5. The Labute approximate surface area is 95.1 Å². The van der Waals surface area contributed by atoms with Crippen molar-refractivity contribution >= 4 is 11.4 Å². The average molecular weight is 228 g/mol. The van der Waals surface area contributed by atoms with E-state index in [9.17, 15) is 8.78 Å². The van der Waals surface area contributed by atoms with Crippen LogP contribution in [-0.4, -0.2) is 13.6 Å². The molecule has 1 rings (SSSR count). The SMILES string of the molecule is CC(C)CCN(C)c1c(N)ccc(F)c1F. The normalized spacial score (nSPS) is 10.9. The first-order valence-corrected chi connectivity index (χ1v) is 5.38. The van der Waals surface area contributed by atoms with Gasteiger partial charge in [0.2, 0.25) is 0 Å². The van der Waals surface area contributed by atoms with E-state index in [-0.39, 0.29) is 11.4 Å². The molecule has 0 aromatic heterocycles. The Bertz CT molecular complexity index is 364. The summed E-state index contributed by atoms with van der Waals surface area (Å²) in [4.78, 5) is 1.66. The third-order valence-electron chi connectivity index (χ3n) is 2.52. The lowest BCUT2D eigenvalue weighted by Crippen LogP contribution is -2.22. The van der Waals surface area contributed by atoms with Crippen LogP contribution in [0.3, 0.4) is 0 Å². The number of anilines is 2. The molecule has 1 aromatic rings. The van der Waals surface area contributed by atoms with Crippen molar-refractivity contribution in [3.63, 3.8) is 0 Å². The molecule has 16 heavy (non-hydrogen) atoms. The first-order chi connectivity index (χ1) is 7.43. The van der Waals surface area contributed by atoms with Crippen LogP contribution in [-0.2, 0) is 0 Å². The monoisotopic (exact) mass is 228 g/mol. The summed E-state index contributed by atoms with van der Waals surface area (Å²) in [6.07, 6.45) is 0.909. The second-order valence-electron chi connectivity index (χ2n) is 4.40. The highest BCUT2D eigenvalue weighted by Gasteiger charge is 2.15. The molecule has 0 aliphatic carbocycles. The number of halogens is 2. The predicted molar refractivity (Wildman–Crippen MR) is 63.5 cm³/mol. The lowest BCUT2D eigenvalue weighted by atomic mass is 10.1. The molecule has 4 heteroatoms. The van der Waals surface area contributed by atoms with Gasteiger partial charge in [0.05, 0.1) is 11.4 Å². The Morgan fingerprint density at radius 1 is 1.31 bits per heavy atom. The van der Waals surface area contributed by atoms with Gasteiger partial charge in [0.1, 0.15) is 0 Å². The zero-order chi connectivity index (χ0) is 12.3. The fourth-order valence-electron chi connectivity index (χ4n) is 1.51. The van der Waals surface area contributed by atoms with Crippen LogP contribution >= 0.6 is 0 Å². The molecule has 0 radical (unpaired) electrons. The summed E-state index contributed by atoms with van der Waals surface area (Å²) < 4.78 is 26.6. The largest absolute Gasteiger partial charge is 0.397 e. The minimum atomic E-state index is -0.869. The molecule has 0 aliphatic rings. The smallest absolute Gasteiger partial charge is 0.184 e. The molecule has 0 saturated heterocycles. The number of hydrogen-bond acceptors (Lipinski definition) is 2. The standard InChI is InChI=1S/C12H18F2N2/c1-8(2)6-7-16(3)12-10(15)5-4-9(13)11(12)14/h4-5,8H,6-7,15H2,1-3H3. The van der Waals surface area contributed by atoms with E-state index in [1.54, 1.807) is 11.9 Å². The number of nitrogen functional groups attached to an aromatic ring is 1. The van der Waals surface area contributed by atoms with Crippen LogP contribution < -0.4 is 10.6 Å². The van der Waals surface area contributed by atoms with Crippen molar-refractivity contribution < 1.29 is 8.78 Å². The molecule has 90 valence electrons. The van der Waals surface area contributed by atoms with Crippen LogP contribution in [0.2, 0.25) is 0 Å². The highest BCUT2D eigenvalue weighted by molar-refractivity contribution is 5.68. The molecule has 0 atom stereocenters. The molecular formula is C12H18F2N2. The summed E-state index contributed by atoms with van der Waals surface area (Å²) >= 11 is 0. The number of rotatable bonds is 4. The summed E-state index contributed by atoms with van der Waals surface area (Å²) in [7, 11) is 1.72. The van der Waals surface area contributed by atoms with Crippen LogP contribution in [0.4, 0.5) is 20.2 Å². The topological polar surface area (TPSA) is 29.3 Å². The molecule has 0 unspecified atom stereocenters. The second-order valence-corrected chi connectivity index (χ2v) is 4.40. The van der Waals surface area contributed by atoms with E-state index < -0.39 is 11.6 Å². The van der Waals surface area contributed by atoms with Crippen LogP contribution in [0, 0.1) is 17.6 Å². The molecule has 1 aromatic carbocycles. The summed E-state index contributed by atoms with van der Waals surface area (Å²) in [5.74, 6) is -1.22. The molecule has 0 fully saturated rings. The van der Waals surface area contributed by atoms with Crippen molar-refractivity contribution in [3.05, 3.63) is 23.8 Å². The lowest BCUT2D eigenvalue weighted by Gasteiger charge is -2.22. The van der Waals surface area contributed by atoms with Gasteiger partial charge < -0.3 is 10.6 Å². The summed E-state index contributed by atoms with van der Waals surface area (Å²) in [5, 5.41) is 0. The van der Waals surface area contributed by atoms with Gasteiger partial charge in [-0.1, -0.05) is 13.8 Å². The summed E-state index contributed by atoms with van der Waals surface area (Å²) in [5.41, 5.74) is 6.07. The van der Waals surface area contributed by atoms with Gasteiger partial charge in [-0.15, -0.1) is 0 Å². The van der Waals surface area contributed by atoms with Gasteiger partial charge in [-0.25, -0.2) is 8.78 Å². The van der Waals surface area contributed by atoms with Gasteiger partial charge in [-0.05, 0) is 24.5 Å². The van der Waals surface area contributed by atoms with Crippen LogP contribution in [0.25, 0.3) is 0 Å². The van der Waals surface area contributed by atoms with Gasteiger partial charge in [0.15, 0.2) is 11.6 Å². The molecule has 0 aliphatic heterocycles. The highest BCUT2D eigenvalue weighted by atomic mass is 19.2. The molecular weight excluding hydrogens is 210 g/mol. The molecule has 2 N–H and O–H groups in total. The number of nitrogens with two attached hydrogens (primary N) is 1. The summed E-state index contributed by atoms with van der Waals surface area (Å²) in [6, 6.07) is 2.43. The molecule has 0 amide bonds. The predicted octanol–water partition coefficient (Wildman–Crippen LogP) is 3.03. The van der Waals surface area contributed by atoms with Crippen LogP contribution in [0.15, 0.2) is 12.1 Å². The minimum Gasteiger partial charge on any atom is -0.397 e. The quantitative estimate of drug-likeness (QED) is 0.803. The van der Waals surface area contributed by atoms with E-state index in [4.69, 9.17) is 5.73 Å². The Morgan fingerprint density at radius 2 is 1.94 bits per heavy atom. The molecule has 0 spiro atoms. The zero-order valence-electron chi connectivity index (χ0n) is 9.93. The number of benzene rings is 1. The van der Waals surface area contributed by atoms with Crippen molar-refractivity contribution in [1.82, 2.24) is 0 Å². The van der Waals surface area contributed by atoms with Gasteiger partial charge in [-0.2, -0.15) is 0 Å². The molecule has 2 nitrogen and oxygen atoms in total. The third kappa shape index (κ3) is 2.84. The highest BCUT2D eigenvalue weighted by Crippen LogP contribution is 2.28. The van der Waals surface area contributed by atoms with Gasteiger partial charge in [-0.3, -0.25) is 0 Å². The van der Waals surface area contributed by atoms with E-state index in [0.717, 1.165) is 12.5 Å². The van der Waals surface area contributed by atoms with Gasteiger partial charge in [0.25, 0.3) is 0 Å². The first-order valence-electron chi connectivity index (χ1n) is 5.38. The van der Waals surface area contributed by atoms with Crippen LogP contribution in [0.1, 0.15) is 20.3 Å². The Hall–Kier alpha value is -1.32. The van der Waals surface area contributed by atoms with Crippen molar-refractivity contribution in [2.45, 2.75) is 20.3 Å². The van der Waals surface area contributed by atoms with E-state index >= 15 is 0 Å². The zero-order valence-corrected chi connectivity index (χ0v) is 9.93. The maximum absolute atomic E-state index is 13.5. The fraction of sp³-hybridized carbons (Fsp3) is 0.500. The van der Waals surface area contributed by atoms with Crippen molar-refractivity contribution in [3.8, 4) is 0 Å². The lowest BCUT2D eigenvalue weighted by molar-refractivity contribution is 0.505. The van der Waals surface area contributed by atoms with E-state index in [1.165, 1.54) is 6.07 Å². The fourth-order valence-corrected chi connectivity index (χ4v) is 1.51. The second kappa shape index (κ2) is 5.14. The summed E-state index contributed by atoms with van der Waals surface area (Å²) in [6.45, 7) is 4.82. The van der Waals surface area contributed by atoms with E-state index in [0.29, 0.717) is 12.5 Å². The van der Waals surface area contributed by atoms with Crippen molar-refractivity contribution in [2.24, 2.45) is 5.92 Å². The number of nitrogens with zero attached hydrogens (tertiary/aromatic N) is 1. The van der Waals surface area contributed by atoms with Gasteiger partial charge in [0, 0.05) is 13.6 Å². The van der Waals surface area contributed by atoms with E-state index in [1.807, 2.05) is 0 Å². The van der Waals surface area contributed by atoms with Crippen molar-refractivity contribution in [2.75, 3.05) is 24.2 Å². The van der Waals surface area contributed by atoms with E-state index in [2.05, 4.69) is 13.8 Å². The Kier molecular flexibility index (Phi) is 4.10. The number of hydrogen-bond donors (Lipinski definition) is 1.